The molecular weight excluding hydrogens is 594 g/mol. The van der Waals surface area contributed by atoms with Crippen LogP contribution in [0.1, 0.15) is 137 Å². The Hall–Kier alpha value is -1.71. The van der Waals surface area contributed by atoms with Crippen molar-refractivity contribution in [1.82, 2.24) is 0 Å². The maximum absolute atomic E-state index is 17.7. The van der Waals surface area contributed by atoms with E-state index in [1.165, 1.54) is 38.2 Å². The number of allylic oxidation sites excluding steroid dienone is 1. The fourth-order valence-electron chi connectivity index (χ4n) is 10.1. The molecule has 4 aliphatic carbocycles. The first-order valence-corrected chi connectivity index (χ1v) is 18.2. The second-order valence-corrected chi connectivity index (χ2v) is 15.3. The van der Waals surface area contributed by atoms with E-state index < -0.39 is 77.0 Å². The standard InChI is InChI=1S/C37H56F2O7/c1-5-7-8-9-10-11-12-13-15-29-33(43)44-23-31(42)36(46-32(45-29)14-6-2)19-17-25-26-21-28(38)27-20-24(40)16-18-34(27,3)37(26,39)30(41)22-35(25,36)4/h20,25-26,28-30,32,41H,5-19,21-23H2,1-4H3/t25-,26-,28-,29?,30-,32?,34-,35-,36-,37-/m0/s1. The van der Waals surface area contributed by atoms with E-state index in [0.717, 1.165) is 19.3 Å². The van der Waals surface area contributed by atoms with Crippen molar-refractivity contribution < 1.29 is 42.5 Å². The lowest BCUT2D eigenvalue weighted by molar-refractivity contribution is -0.274. The highest BCUT2D eigenvalue weighted by molar-refractivity contribution is 5.93. The zero-order chi connectivity index (χ0) is 33.3. The van der Waals surface area contributed by atoms with Gasteiger partial charge in [0, 0.05) is 23.2 Å². The van der Waals surface area contributed by atoms with Crippen LogP contribution in [0.25, 0.3) is 0 Å². The number of cyclic esters (lactones) is 1. The largest absolute Gasteiger partial charge is 0.456 e. The van der Waals surface area contributed by atoms with Gasteiger partial charge in [0.05, 0.1) is 6.10 Å². The molecule has 260 valence electrons. The topological polar surface area (TPSA) is 99.1 Å². The number of halogens is 2. The number of carbonyl (C=O) groups is 3. The summed E-state index contributed by atoms with van der Waals surface area (Å²) in [6.07, 6.45) is 7.73. The van der Waals surface area contributed by atoms with Gasteiger partial charge in [0.1, 0.15) is 17.4 Å². The molecule has 1 N–H and O–H groups in total. The Labute approximate surface area is 273 Å². The molecule has 46 heavy (non-hydrogen) atoms. The van der Waals surface area contributed by atoms with Crippen LogP contribution in [-0.4, -0.2) is 65.2 Å². The Balaban J connectivity index is 1.38. The van der Waals surface area contributed by atoms with E-state index >= 15 is 8.78 Å². The van der Waals surface area contributed by atoms with Gasteiger partial charge in [-0.2, -0.15) is 0 Å². The van der Waals surface area contributed by atoms with Gasteiger partial charge in [0.15, 0.2) is 24.8 Å². The first kappa shape index (κ1) is 35.6. The smallest absolute Gasteiger partial charge is 0.335 e. The first-order valence-electron chi connectivity index (χ1n) is 18.2. The molecule has 0 aromatic rings. The molecule has 1 spiro atoms. The van der Waals surface area contributed by atoms with Crippen molar-refractivity contribution in [3.8, 4) is 0 Å². The van der Waals surface area contributed by atoms with Crippen LogP contribution in [-0.2, 0) is 28.6 Å². The molecule has 1 aliphatic heterocycles. The van der Waals surface area contributed by atoms with Gasteiger partial charge in [0.25, 0.3) is 0 Å². The van der Waals surface area contributed by atoms with E-state index in [0.29, 0.717) is 25.7 Å². The molecule has 0 aromatic carbocycles. The summed E-state index contributed by atoms with van der Waals surface area (Å²) in [5.41, 5.74) is -5.87. The maximum atomic E-state index is 17.7. The zero-order valence-electron chi connectivity index (χ0n) is 28.4. The molecule has 1 saturated heterocycles. The third-order valence-electron chi connectivity index (χ3n) is 12.7. The Bertz CT molecular complexity index is 1170. The van der Waals surface area contributed by atoms with E-state index in [9.17, 15) is 19.5 Å². The van der Waals surface area contributed by atoms with Crippen LogP contribution in [0.2, 0.25) is 0 Å². The van der Waals surface area contributed by atoms with Crippen LogP contribution in [0.4, 0.5) is 8.78 Å². The van der Waals surface area contributed by atoms with Crippen molar-refractivity contribution in [2.45, 2.75) is 173 Å². The van der Waals surface area contributed by atoms with Gasteiger partial charge in [-0.05, 0) is 62.5 Å². The van der Waals surface area contributed by atoms with Gasteiger partial charge < -0.3 is 19.3 Å². The minimum Gasteiger partial charge on any atom is -0.456 e. The summed E-state index contributed by atoms with van der Waals surface area (Å²) in [6.45, 7) is 7.20. The molecular formula is C37H56F2O7. The molecule has 0 radical (unpaired) electrons. The van der Waals surface area contributed by atoms with Crippen LogP contribution in [0.15, 0.2) is 11.6 Å². The summed E-state index contributed by atoms with van der Waals surface area (Å²) >= 11 is 0. The summed E-state index contributed by atoms with van der Waals surface area (Å²) in [7, 11) is 0. The summed E-state index contributed by atoms with van der Waals surface area (Å²) < 4.78 is 52.2. The summed E-state index contributed by atoms with van der Waals surface area (Å²) in [4.78, 5) is 39.7. The number of esters is 1. The number of ether oxygens (including phenoxy) is 3. The van der Waals surface area contributed by atoms with E-state index in [-0.39, 0.29) is 43.5 Å². The average Bonchev–Trinajstić information content (AvgIpc) is 3.32. The van der Waals surface area contributed by atoms with Gasteiger partial charge in [-0.3, -0.25) is 9.59 Å². The molecule has 5 rings (SSSR count). The van der Waals surface area contributed by atoms with E-state index in [4.69, 9.17) is 14.2 Å². The predicted molar refractivity (Wildman–Crippen MR) is 169 cm³/mol. The van der Waals surface area contributed by atoms with E-state index in [2.05, 4.69) is 6.92 Å². The Morgan fingerprint density at radius 2 is 1.63 bits per heavy atom. The number of hydrogen-bond acceptors (Lipinski definition) is 7. The molecule has 0 bridgehead atoms. The lowest BCUT2D eigenvalue weighted by Gasteiger charge is -2.64. The molecule has 5 aliphatic rings. The van der Waals surface area contributed by atoms with Gasteiger partial charge in [-0.15, -0.1) is 0 Å². The predicted octanol–water partition coefficient (Wildman–Crippen LogP) is 7.45. The van der Waals surface area contributed by atoms with Gasteiger partial charge in [0.2, 0.25) is 5.78 Å². The molecule has 0 amide bonds. The molecule has 3 saturated carbocycles. The average molecular weight is 651 g/mol. The SMILES string of the molecule is CCCCCCCCCCC1OC(CCC)O[C@@]2(CC[C@H]3[C@@H]4C[C@H](F)C5=CC(=O)CC[C@]5(C)[C@@]4(F)[C@@H](O)C[C@@]32C)C(=O)COC1=O. The molecule has 2 unspecified atom stereocenters. The molecule has 10 atom stereocenters. The number of ketones is 2. The third kappa shape index (κ3) is 5.93. The van der Waals surface area contributed by atoms with Gasteiger partial charge >= 0.3 is 5.97 Å². The number of hydrogen-bond donors (Lipinski definition) is 1. The first-order chi connectivity index (χ1) is 21.9. The highest BCUT2D eigenvalue weighted by atomic mass is 19.1. The fraction of sp³-hybridized carbons (Fsp3) is 0.865. The number of rotatable bonds is 11. The van der Waals surface area contributed by atoms with Crippen LogP contribution in [0.3, 0.4) is 0 Å². The molecule has 9 heteroatoms. The Morgan fingerprint density at radius 3 is 2.33 bits per heavy atom. The number of aliphatic hydroxyl groups is 1. The van der Waals surface area contributed by atoms with E-state index in [1.54, 1.807) is 6.92 Å². The highest BCUT2D eigenvalue weighted by Crippen LogP contribution is 2.71. The number of alkyl halides is 2. The van der Waals surface area contributed by atoms with Crippen molar-refractivity contribution in [3.63, 3.8) is 0 Å². The number of carbonyl (C=O) groups excluding carboxylic acids is 3. The summed E-state index contributed by atoms with van der Waals surface area (Å²) in [5, 5.41) is 11.8. The van der Waals surface area contributed by atoms with Crippen molar-refractivity contribution in [1.29, 1.82) is 0 Å². The normalized spacial score (nSPS) is 42.8. The quantitative estimate of drug-likeness (QED) is 0.183. The second kappa shape index (κ2) is 14.0. The van der Waals surface area contributed by atoms with Crippen molar-refractivity contribution in [2.75, 3.05) is 6.61 Å². The monoisotopic (exact) mass is 650 g/mol. The van der Waals surface area contributed by atoms with Gasteiger partial charge in [-0.25, -0.2) is 13.6 Å². The lowest BCUT2D eigenvalue weighted by atomic mass is 9.43. The number of aliphatic hydroxyl groups excluding tert-OH is 1. The minimum absolute atomic E-state index is 0.0708. The second-order valence-electron chi connectivity index (χ2n) is 15.3. The fourth-order valence-corrected chi connectivity index (χ4v) is 10.1. The highest BCUT2D eigenvalue weighted by Gasteiger charge is 2.76. The van der Waals surface area contributed by atoms with Crippen molar-refractivity contribution in [3.05, 3.63) is 11.6 Å². The van der Waals surface area contributed by atoms with Crippen molar-refractivity contribution >= 4 is 17.5 Å². The van der Waals surface area contributed by atoms with E-state index in [1.807, 2.05) is 13.8 Å². The maximum Gasteiger partial charge on any atom is 0.335 e. The van der Waals surface area contributed by atoms with Crippen LogP contribution >= 0.6 is 0 Å². The Kier molecular flexibility index (Phi) is 10.9. The van der Waals surface area contributed by atoms with Crippen LogP contribution in [0, 0.1) is 22.7 Å². The summed E-state index contributed by atoms with van der Waals surface area (Å²) in [6, 6.07) is 0. The molecule has 1 heterocycles. The summed E-state index contributed by atoms with van der Waals surface area (Å²) in [5.74, 6) is -2.54. The Morgan fingerprint density at radius 1 is 0.935 bits per heavy atom. The molecule has 7 nitrogen and oxygen atoms in total. The minimum atomic E-state index is -2.16. The third-order valence-corrected chi connectivity index (χ3v) is 12.7. The van der Waals surface area contributed by atoms with Crippen LogP contribution in [0.5, 0.6) is 0 Å². The zero-order valence-corrected chi connectivity index (χ0v) is 28.4. The molecule has 4 fully saturated rings. The number of Topliss-reactive ketones (excluding diaryl/α,β-unsaturated/α-hetero) is 1. The van der Waals surface area contributed by atoms with Gasteiger partial charge in [-0.1, -0.05) is 85.5 Å². The number of fused-ring (bicyclic) bond motifs is 6. The van der Waals surface area contributed by atoms with Crippen molar-refractivity contribution in [2.24, 2.45) is 22.7 Å². The lowest BCUT2D eigenvalue weighted by Crippen LogP contribution is -2.71. The van der Waals surface area contributed by atoms with Crippen LogP contribution < -0.4 is 0 Å². The number of unbranched alkanes of at least 4 members (excludes halogenated alkanes) is 7. The molecule has 0 aromatic heterocycles.